The molecule has 0 aliphatic carbocycles. The molecule has 6 heteroatoms. The molecule has 0 saturated heterocycles. The third kappa shape index (κ3) is 2.99. The van der Waals surface area contributed by atoms with Crippen LogP contribution in [0.1, 0.15) is 32.6 Å². The van der Waals surface area contributed by atoms with Crippen LogP contribution in [0.25, 0.3) is 10.9 Å². The minimum atomic E-state index is -0.391. The first kappa shape index (κ1) is 18.1. The van der Waals surface area contributed by atoms with E-state index in [0.29, 0.717) is 16.3 Å². The van der Waals surface area contributed by atoms with Gasteiger partial charge in [0.15, 0.2) is 0 Å². The molecule has 0 amide bonds. The standard InChI is InChI=1S/C20H20ClN3O2/c1-10-8-14(21)6-7-15(10)23-18-13(4)19-16(11(2)9-22-24-19)12(3)17(18)20(25)26-5/h6-9,23H,1-5H3. The van der Waals surface area contributed by atoms with Crippen molar-refractivity contribution in [2.75, 3.05) is 12.4 Å². The molecule has 0 unspecified atom stereocenters. The molecule has 1 heterocycles. The molecule has 0 atom stereocenters. The molecule has 0 spiro atoms. The van der Waals surface area contributed by atoms with Crippen LogP contribution in [0.2, 0.25) is 5.02 Å². The quantitative estimate of drug-likeness (QED) is 0.654. The molecule has 1 aromatic heterocycles. The fraction of sp³-hybridized carbons (Fsp3) is 0.250. The van der Waals surface area contributed by atoms with E-state index in [4.69, 9.17) is 16.3 Å². The zero-order valence-electron chi connectivity index (χ0n) is 15.4. The Morgan fingerprint density at radius 3 is 2.50 bits per heavy atom. The van der Waals surface area contributed by atoms with Crippen molar-refractivity contribution in [3.63, 3.8) is 0 Å². The minimum Gasteiger partial charge on any atom is -0.465 e. The first-order chi connectivity index (χ1) is 12.3. The second kappa shape index (κ2) is 6.92. The topological polar surface area (TPSA) is 64.1 Å². The Labute approximate surface area is 157 Å². The van der Waals surface area contributed by atoms with E-state index in [1.54, 1.807) is 6.20 Å². The number of esters is 1. The molecule has 2 aromatic carbocycles. The number of rotatable bonds is 3. The fourth-order valence-corrected chi connectivity index (χ4v) is 3.47. The van der Waals surface area contributed by atoms with Crippen molar-refractivity contribution >= 4 is 39.8 Å². The van der Waals surface area contributed by atoms with E-state index < -0.39 is 5.97 Å². The van der Waals surface area contributed by atoms with Gasteiger partial charge in [-0.15, -0.1) is 0 Å². The number of nitrogens with one attached hydrogen (secondary N) is 1. The van der Waals surface area contributed by atoms with Gasteiger partial charge >= 0.3 is 5.97 Å². The molecule has 3 aromatic rings. The van der Waals surface area contributed by atoms with Crippen LogP contribution in [0.5, 0.6) is 0 Å². The number of methoxy groups -OCH3 is 1. The summed E-state index contributed by atoms with van der Waals surface area (Å²) in [4.78, 5) is 12.6. The zero-order valence-corrected chi connectivity index (χ0v) is 16.2. The monoisotopic (exact) mass is 369 g/mol. The summed E-state index contributed by atoms with van der Waals surface area (Å²) in [5.41, 5.74) is 6.41. The lowest BCUT2D eigenvalue weighted by Gasteiger charge is -2.20. The number of carbonyl (C=O) groups excluding carboxylic acids is 1. The average Bonchev–Trinajstić information content (AvgIpc) is 2.60. The Balaban J connectivity index is 2.32. The number of hydrogen-bond donors (Lipinski definition) is 1. The number of fused-ring (bicyclic) bond motifs is 1. The van der Waals surface area contributed by atoms with Gasteiger partial charge in [0, 0.05) is 21.7 Å². The summed E-state index contributed by atoms with van der Waals surface area (Å²) in [6, 6.07) is 5.57. The van der Waals surface area contributed by atoms with Crippen molar-refractivity contribution in [2.45, 2.75) is 27.7 Å². The van der Waals surface area contributed by atoms with Crippen molar-refractivity contribution in [3.8, 4) is 0 Å². The highest BCUT2D eigenvalue weighted by atomic mass is 35.5. The summed E-state index contributed by atoms with van der Waals surface area (Å²) >= 11 is 6.06. The number of anilines is 2. The van der Waals surface area contributed by atoms with Crippen LogP contribution in [0.15, 0.2) is 24.4 Å². The lowest BCUT2D eigenvalue weighted by atomic mass is 9.94. The Morgan fingerprint density at radius 2 is 1.85 bits per heavy atom. The smallest absolute Gasteiger partial charge is 0.340 e. The summed E-state index contributed by atoms with van der Waals surface area (Å²) in [6.07, 6.45) is 1.70. The third-order valence-corrected chi connectivity index (χ3v) is 4.84. The number of benzene rings is 2. The molecule has 3 rings (SSSR count). The average molecular weight is 370 g/mol. The van der Waals surface area contributed by atoms with E-state index in [1.807, 2.05) is 45.9 Å². The number of aryl methyl sites for hydroxylation is 4. The summed E-state index contributed by atoms with van der Waals surface area (Å²) in [5.74, 6) is -0.391. The third-order valence-electron chi connectivity index (χ3n) is 4.61. The molecule has 134 valence electrons. The van der Waals surface area contributed by atoms with Crippen molar-refractivity contribution < 1.29 is 9.53 Å². The summed E-state index contributed by atoms with van der Waals surface area (Å²) in [7, 11) is 1.39. The van der Waals surface area contributed by atoms with Crippen LogP contribution in [-0.4, -0.2) is 23.3 Å². The van der Waals surface area contributed by atoms with Crippen LogP contribution < -0.4 is 5.32 Å². The molecule has 0 saturated carbocycles. The van der Waals surface area contributed by atoms with E-state index in [0.717, 1.165) is 38.8 Å². The predicted octanol–water partition coefficient (Wildman–Crippen LogP) is 5.05. The molecule has 0 bridgehead atoms. The Hall–Kier alpha value is -2.66. The van der Waals surface area contributed by atoms with Crippen LogP contribution in [-0.2, 0) is 4.74 Å². The summed E-state index contributed by atoms with van der Waals surface area (Å²) < 4.78 is 5.05. The molecule has 1 N–H and O–H groups in total. The summed E-state index contributed by atoms with van der Waals surface area (Å²) in [6.45, 7) is 7.75. The van der Waals surface area contributed by atoms with E-state index in [1.165, 1.54) is 7.11 Å². The van der Waals surface area contributed by atoms with Gasteiger partial charge in [-0.25, -0.2) is 4.79 Å². The molecular weight excluding hydrogens is 350 g/mol. The molecule has 0 aliphatic heterocycles. The predicted molar refractivity (Wildman–Crippen MR) is 105 cm³/mol. The van der Waals surface area contributed by atoms with Crippen molar-refractivity contribution in [3.05, 3.63) is 57.2 Å². The minimum absolute atomic E-state index is 0.391. The molecule has 5 nitrogen and oxygen atoms in total. The zero-order chi connectivity index (χ0) is 19.0. The molecule has 0 aliphatic rings. The van der Waals surface area contributed by atoms with Gasteiger partial charge in [-0.3, -0.25) is 0 Å². The number of carbonyl (C=O) groups is 1. The highest BCUT2D eigenvalue weighted by molar-refractivity contribution is 6.30. The van der Waals surface area contributed by atoms with Crippen molar-refractivity contribution in [2.24, 2.45) is 0 Å². The van der Waals surface area contributed by atoms with Crippen molar-refractivity contribution in [1.29, 1.82) is 0 Å². The lowest BCUT2D eigenvalue weighted by molar-refractivity contribution is 0.0601. The molecule has 0 radical (unpaired) electrons. The first-order valence-electron chi connectivity index (χ1n) is 8.21. The van der Waals surface area contributed by atoms with Gasteiger partial charge in [0.2, 0.25) is 0 Å². The van der Waals surface area contributed by atoms with E-state index in [2.05, 4.69) is 15.5 Å². The van der Waals surface area contributed by atoms with Gasteiger partial charge in [-0.05, 0) is 62.6 Å². The fourth-order valence-electron chi connectivity index (χ4n) is 3.24. The Kier molecular flexibility index (Phi) is 4.83. The number of nitrogens with zero attached hydrogens (tertiary/aromatic N) is 2. The first-order valence-corrected chi connectivity index (χ1v) is 8.59. The Morgan fingerprint density at radius 1 is 1.12 bits per heavy atom. The maximum absolute atomic E-state index is 12.6. The van der Waals surface area contributed by atoms with Gasteiger partial charge in [-0.2, -0.15) is 10.2 Å². The van der Waals surface area contributed by atoms with Crippen LogP contribution in [0.3, 0.4) is 0 Å². The van der Waals surface area contributed by atoms with Gasteiger partial charge < -0.3 is 10.1 Å². The van der Waals surface area contributed by atoms with Gasteiger partial charge in [-0.1, -0.05) is 11.6 Å². The van der Waals surface area contributed by atoms with Crippen LogP contribution in [0.4, 0.5) is 11.4 Å². The van der Waals surface area contributed by atoms with E-state index in [-0.39, 0.29) is 0 Å². The highest BCUT2D eigenvalue weighted by Gasteiger charge is 2.23. The highest BCUT2D eigenvalue weighted by Crippen LogP contribution is 2.36. The molecule has 0 fully saturated rings. The number of aromatic nitrogens is 2. The molecular formula is C20H20ClN3O2. The second-order valence-corrected chi connectivity index (χ2v) is 6.76. The van der Waals surface area contributed by atoms with Crippen molar-refractivity contribution in [1.82, 2.24) is 10.2 Å². The van der Waals surface area contributed by atoms with Gasteiger partial charge in [0.25, 0.3) is 0 Å². The molecule has 26 heavy (non-hydrogen) atoms. The number of ether oxygens (including phenoxy) is 1. The van der Waals surface area contributed by atoms with Gasteiger partial charge in [0.05, 0.1) is 30.1 Å². The van der Waals surface area contributed by atoms with Gasteiger partial charge in [0.1, 0.15) is 0 Å². The van der Waals surface area contributed by atoms with E-state index >= 15 is 0 Å². The number of hydrogen-bond acceptors (Lipinski definition) is 5. The van der Waals surface area contributed by atoms with E-state index in [9.17, 15) is 4.79 Å². The second-order valence-electron chi connectivity index (χ2n) is 6.33. The maximum atomic E-state index is 12.6. The Bertz CT molecular complexity index is 1030. The largest absolute Gasteiger partial charge is 0.465 e. The maximum Gasteiger partial charge on any atom is 0.340 e. The van der Waals surface area contributed by atoms with Crippen LogP contribution in [0, 0.1) is 27.7 Å². The summed E-state index contributed by atoms with van der Waals surface area (Å²) in [5, 5.41) is 13.3. The van der Waals surface area contributed by atoms with Crippen LogP contribution >= 0.6 is 11.6 Å². The normalized spacial score (nSPS) is 10.8. The SMILES string of the molecule is COC(=O)c1c(Nc2ccc(Cl)cc2C)c(C)c2nncc(C)c2c1C. The number of halogens is 1. The lowest BCUT2D eigenvalue weighted by Crippen LogP contribution is -2.12.